The van der Waals surface area contributed by atoms with E-state index >= 15 is 0 Å². The zero-order chi connectivity index (χ0) is 27.2. The van der Waals surface area contributed by atoms with Gasteiger partial charge in [-0.2, -0.15) is 4.98 Å². The van der Waals surface area contributed by atoms with Crippen LogP contribution >= 0.6 is 0 Å². The molecule has 9 nitrogen and oxygen atoms in total. The molecule has 5 rings (SSSR count). The highest BCUT2D eigenvalue weighted by Gasteiger charge is 2.27. The van der Waals surface area contributed by atoms with Gasteiger partial charge in [-0.3, -0.25) is 4.79 Å². The Morgan fingerprint density at radius 3 is 2.54 bits per heavy atom. The van der Waals surface area contributed by atoms with Crippen molar-refractivity contribution in [3.05, 3.63) is 77.4 Å². The Bertz CT molecular complexity index is 1350. The lowest BCUT2D eigenvalue weighted by molar-refractivity contribution is -0.123. The van der Waals surface area contributed by atoms with E-state index in [-0.39, 0.29) is 22.8 Å². The Labute approximate surface area is 230 Å². The number of hydrogen-bond donors (Lipinski definition) is 2. The van der Waals surface area contributed by atoms with Gasteiger partial charge in [0.25, 0.3) is 0 Å². The molecule has 1 aliphatic carbocycles. The summed E-state index contributed by atoms with van der Waals surface area (Å²) in [5.41, 5.74) is 1.92. The SMILES string of the molecule is NS(=O)(=O)c1cccc(Cc2noc(C3CCN(CC[C@H](NC(=O)CC4CCC4)c4ccccc4)CC3)n2)c1. The van der Waals surface area contributed by atoms with Crippen LogP contribution < -0.4 is 10.5 Å². The molecule has 0 radical (unpaired) electrons. The molecule has 1 amide bonds. The summed E-state index contributed by atoms with van der Waals surface area (Å²) in [5, 5.41) is 12.7. The molecule has 1 atom stereocenters. The zero-order valence-corrected chi connectivity index (χ0v) is 23.0. The van der Waals surface area contributed by atoms with E-state index in [1.54, 1.807) is 12.1 Å². The van der Waals surface area contributed by atoms with Crippen LogP contribution in [-0.2, 0) is 21.2 Å². The molecule has 1 aromatic heterocycles. The molecule has 0 bridgehead atoms. The standard InChI is InChI=1S/C29H37N5O4S/c30-39(36,37)25-11-5-8-22(18-25)19-27-32-29(38-33-27)24-12-15-34(16-13-24)17-14-26(23-9-2-1-3-10-23)31-28(35)20-21-6-4-7-21/h1-3,5,8-11,18,21,24,26H,4,6-7,12-17,19-20H2,(H,31,35)(H2,30,36,37)/t26-/m0/s1. The first kappa shape index (κ1) is 27.5. The number of piperidine rings is 1. The van der Waals surface area contributed by atoms with Gasteiger partial charge in [0.1, 0.15) is 0 Å². The second-order valence-corrected chi connectivity index (χ2v) is 12.4. The average Bonchev–Trinajstić information content (AvgIpc) is 3.37. The summed E-state index contributed by atoms with van der Waals surface area (Å²) in [6.45, 7) is 2.76. The van der Waals surface area contributed by atoms with Crippen molar-refractivity contribution in [2.75, 3.05) is 19.6 Å². The summed E-state index contributed by atoms with van der Waals surface area (Å²) >= 11 is 0. The minimum Gasteiger partial charge on any atom is -0.349 e. The van der Waals surface area contributed by atoms with E-state index in [0.29, 0.717) is 30.5 Å². The highest BCUT2D eigenvalue weighted by molar-refractivity contribution is 7.89. The quantitative estimate of drug-likeness (QED) is 0.369. The number of carbonyl (C=O) groups is 1. The number of likely N-dealkylation sites (tertiary alicyclic amines) is 1. The highest BCUT2D eigenvalue weighted by atomic mass is 32.2. The van der Waals surface area contributed by atoms with Crippen LogP contribution in [0.2, 0.25) is 0 Å². The van der Waals surface area contributed by atoms with Crippen LogP contribution in [0.15, 0.2) is 64.0 Å². The molecule has 3 aromatic rings. The molecule has 3 N–H and O–H groups in total. The number of amides is 1. The molecule has 2 fully saturated rings. The topological polar surface area (TPSA) is 131 Å². The normalized spacial score (nSPS) is 18.0. The number of benzene rings is 2. The average molecular weight is 552 g/mol. The summed E-state index contributed by atoms with van der Waals surface area (Å²) in [7, 11) is -3.76. The molecule has 39 heavy (non-hydrogen) atoms. The maximum Gasteiger partial charge on any atom is 0.238 e. The maximum absolute atomic E-state index is 12.7. The summed E-state index contributed by atoms with van der Waals surface area (Å²) in [4.78, 5) is 19.8. The van der Waals surface area contributed by atoms with E-state index < -0.39 is 10.0 Å². The van der Waals surface area contributed by atoms with Crippen LogP contribution in [-0.4, -0.2) is 49.0 Å². The van der Waals surface area contributed by atoms with Crippen LogP contribution in [0.3, 0.4) is 0 Å². The molecule has 0 spiro atoms. The lowest BCUT2D eigenvalue weighted by atomic mass is 9.83. The van der Waals surface area contributed by atoms with Crippen molar-refractivity contribution in [1.29, 1.82) is 0 Å². The van der Waals surface area contributed by atoms with Gasteiger partial charge < -0.3 is 14.7 Å². The highest BCUT2D eigenvalue weighted by Crippen LogP contribution is 2.30. The zero-order valence-electron chi connectivity index (χ0n) is 22.2. The van der Waals surface area contributed by atoms with Crippen LogP contribution in [0.4, 0.5) is 0 Å². The number of aromatic nitrogens is 2. The lowest BCUT2D eigenvalue weighted by Gasteiger charge is -2.32. The van der Waals surface area contributed by atoms with E-state index in [1.807, 2.05) is 24.3 Å². The van der Waals surface area contributed by atoms with Crippen molar-refractivity contribution in [2.45, 2.75) is 68.2 Å². The van der Waals surface area contributed by atoms with Gasteiger partial charge in [-0.1, -0.05) is 54.0 Å². The first-order valence-corrected chi connectivity index (χ1v) is 15.4. The number of carbonyl (C=O) groups excluding carboxylic acids is 1. The Kier molecular flexibility index (Phi) is 8.74. The second kappa shape index (κ2) is 12.4. The van der Waals surface area contributed by atoms with Crippen molar-refractivity contribution < 1.29 is 17.7 Å². The second-order valence-electron chi connectivity index (χ2n) is 10.9. The number of rotatable bonds is 11. The van der Waals surface area contributed by atoms with Crippen molar-refractivity contribution in [3.8, 4) is 0 Å². The van der Waals surface area contributed by atoms with Crippen molar-refractivity contribution in [3.63, 3.8) is 0 Å². The molecular weight excluding hydrogens is 514 g/mol. The summed E-state index contributed by atoms with van der Waals surface area (Å²) in [6, 6.07) is 16.8. The fourth-order valence-electron chi connectivity index (χ4n) is 5.46. The monoisotopic (exact) mass is 551 g/mol. The van der Waals surface area contributed by atoms with E-state index in [9.17, 15) is 13.2 Å². The molecule has 10 heteroatoms. The van der Waals surface area contributed by atoms with Gasteiger partial charge in [-0.25, -0.2) is 13.6 Å². The fourth-order valence-corrected chi connectivity index (χ4v) is 6.04. The first-order valence-electron chi connectivity index (χ1n) is 13.8. The van der Waals surface area contributed by atoms with E-state index in [2.05, 4.69) is 32.5 Å². The van der Waals surface area contributed by atoms with E-state index in [4.69, 9.17) is 9.66 Å². The Balaban J connectivity index is 1.12. The molecule has 2 heterocycles. The minimum absolute atomic E-state index is 0.0164. The molecule has 2 aliphatic rings. The maximum atomic E-state index is 12.7. The van der Waals surface area contributed by atoms with Crippen LogP contribution in [0.25, 0.3) is 0 Å². The summed E-state index contributed by atoms with van der Waals surface area (Å²) < 4.78 is 28.9. The number of nitrogens with one attached hydrogen (secondary N) is 1. The molecule has 1 saturated heterocycles. The summed E-state index contributed by atoms with van der Waals surface area (Å²) in [6.07, 6.45) is 7.32. The van der Waals surface area contributed by atoms with Gasteiger partial charge in [-0.15, -0.1) is 0 Å². The lowest BCUT2D eigenvalue weighted by Crippen LogP contribution is -2.37. The van der Waals surface area contributed by atoms with Crippen molar-refractivity contribution in [1.82, 2.24) is 20.4 Å². The van der Waals surface area contributed by atoms with E-state index in [1.165, 1.54) is 25.3 Å². The molecular formula is C29H37N5O4S. The van der Waals surface area contributed by atoms with Crippen LogP contribution in [0, 0.1) is 5.92 Å². The van der Waals surface area contributed by atoms with Gasteiger partial charge in [-0.05, 0) is 74.4 Å². The predicted molar refractivity (Wildman–Crippen MR) is 147 cm³/mol. The van der Waals surface area contributed by atoms with Crippen molar-refractivity contribution >= 4 is 15.9 Å². The third kappa shape index (κ3) is 7.52. The smallest absolute Gasteiger partial charge is 0.238 e. The Hall–Kier alpha value is -3.08. The summed E-state index contributed by atoms with van der Waals surface area (Å²) in [5.74, 6) is 2.08. The Morgan fingerprint density at radius 1 is 1.08 bits per heavy atom. The van der Waals surface area contributed by atoms with Gasteiger partial charge in [0.15, 0.2) is 5.82 Å². The fraction of sp³-hybridized carbons (Fsp3) is 0.483. The predicted octanol–water partition coefficient (Wildman–Crippen LogP) is 3.93. The van der Waals surface area contributed by atoms with Gasteiger partial charge in [0.05, 0.1) is 10.9 Å². The minimum atomic E-state index is -3.76. The first-order chi connectivity index (χ1) is 18.8. The van der Waals surface area contributed by atoms with Gasteiger partial charge in [0, 0.05) is 25.3 Å². The molecule has 0 unspecified atom stereocenters. The van der Waals surface area contributed by atoms with E-state index in [0.717, 1.165) is 50.0 Å². The largest absolute Gasteiger partial charge is 0.349 e. The van der Waals surface area contributed by atoms with Crippen LogP contribution in [0.1, 0.15) is 79.7 Å². The number of nitrogens with two attached hydrogens (primary N) is 1. The molecule has 208 valence electrons. The molecule has 2 aromatic carbocycles. The van der Waals surface area contributed by atoms with Crippen molar-refractivity contribution in [2.24, 2.45) is 11.1 Å². The molecule has 1 aliphatic heterocycles. The molecule has 1 saturated carbocycles. The number of hydrogen-bond acceptors (Lipinski definition) is 7. The van der Waals surface area contributed by atoms with Gasteiger partial charge in [0.2, 0.25) is 21.8 Å². The third-order valence-corrected chi connectivity index (χ3v) is 8.89. The third-order valence-electron chi connectivity index (χ3n) is 7.98. The van der Waals surface area contributed by atoms with Crippen LogP contribution in [0.5, 0.6) is 0 Å². The number of nitrogens with zero attached hydrogens (tertiary/aromatic N) is 3. The number of sulfonamides is 1. The number of primary sulfonamides is 1. The van der Waals surface area contributed by atoms with Gasteiger partial charge >= 0.3 is 0 Å². The Morgan fingerprint density at radius 2 is 1.85 bits per heavy atom.